The standard InChI is InChI=1S/C13H26N2O3/c1-6-9(4)10(11(16)18-5)15-12(17)13(14,7-2)8-3/h9-10H,6-8,14H2,1-5H3,(H,15,17). The zero-order valence-electron chi connectivity index (χ0n) is 12.1. The summed E-state index contributed by atoms with van der Waals surface area (Å²) in [6.45, 7) is 7.58. The fourth-order valence-corrected chi connectivity index (χ4v) is 1.65. The summed E-state index contributed by atoms with van der Waals surface area (Å²) in [5.41, 5.74) is 5.09. The van der Waals surface area contributed by atoms with Gasteiger partial charge in [0.15, 0.2) is 0 Å². The van der Waals surface area contributed by atoms with Crippen molar-refractivity contribution in [1.82, 2.24) is 5.32 Å². The molecule has 0 spiro atoms. The van der Waals surface area contributed by atoms with Gasteiger partial charge in [-0.1, -0.05) is 34.1 Å². The molecule has 18 heavy (non-hydrogen) atoms. The molecule has 0 aliphatic heterocycles. The molecule has 1 amide bonds. The Morgan fingerprint density at radius 1 is 1.28 bits per heavy atom. The number of esters is 1. The lowest BCUT2D eigenvalue weighted by Crippen LogP contribution is -2.58. The predicted molar refractivity (Wildman–Crippen MR) is 70.9 cm³/mol. The van der Waals surface area contributed by atoms with Crippen LogP contribution in [0.1, 0.15) is 47.0 Å². The number of ether oxygens (including phenoxy) is 1. The molecular weight excluding hydrogens is 232 g/mol. The van der Waals surface area contributed by atoms with Crippen LogP contribution in [0, 0.1) is 5.92 Å². The van der Waals surface area contributed by atoms with Crippen molar-refractivity contribution in [2.24, 2.45) is 11.7 Å². The molecule has 0 saturated carbocycles. The number of methoxy groups -OCH3 is 1. The first-order chi connectivity index (χ1) is 8.36. The highest BCUT2D eigenvalue weighted by Gasteiger charge is 2.35. The van der Waals surface area contributed by atoms with E-state index in [0.29, 0.717) is 12.8 Å². The Morgan fingerprint density at radius 3 is 2.11 bits per heavy atom. The highest BCUT2D eigenvalue weighted by molar-refractivity contribution is 5.90. The molecule has 0 fully saturated rings. The number of hydrogen-bond donors (Lipinski definition) is 2. The van der Waals surface area contributed by atoms with E-state index in [2.05, 4.69) is 5.32 Å². The van der Waals surface area contributed by atoms with Gasteiger partial charge in [-0.05, 0) is 18.8 Å². The van der Waals surface area contributed by atoms with Crippen LogP contribution in [0.25, 0.3) is 0 Å². The number of amides is 1. The summed E-state index contributed by atoms with van der Waals surface area (Å²) in [5.74, 6) is -0.699. The van der Waals surface area contributed by atoms with Crippen LogP contribution in [0.5, 0.6) is 0 Å². The fraction of sp³-hybridized carbons (Fsp3) is 0.846. The van der Waals surface area contributed by atoms with Crippen molar-refractivity contribution in [2.75, 3.05) is 7.11 Å². The molecule has 5 nitrogen and oxygen atoms in total. The monoisotopic (exact) mass is 258 g/mol. The topological polar surface area (TPSA) is 81.4 Å². The Kier molecular flexibility index (Phi) is 6.91. The second-order valence-electron chi connectivity index (χ2n) is 4.72. The molecule has 0 heterocycles. The van der Waals surface area contributed by atoms with Gasteiger partial charge in [-0.3, -0.25) is 4.79 Å². The molecule has 0 aromatic heterocycles. The number of rotatable bonds is 7. The maximum absolute atomic E-state index is 12.1. The molecule has 0 aromatic rings. The second kappa shape index (κ2) is 7.36. The fourth-order valence-electron chi connectivity index (χ4n) is 1.65. The van der Waals surface area contributed by atoms with Gasteiger partial charge in [0.25, 0.3) is 0 Å². The minimum atomic E-state index is -0.917. The summed E-state index contributed by atoms with van der Waals surface area (Å²) < 4.78 is 4.72. The van der Waals surface area contributed by atoms with E-state index in [4.69, 9.17) is 10.5 Å². The largest absolute Gasteiger partial charge is 0.467 e. The van der Waals surface area contributed by atoms with Crippen LogP contribution in [-0.2, 0) is 14.3 Å². The van der Waals surface area contributed by atoms with Crippen LogP contribution in [0.15, 0.2) is 0 Å². The van der Waals surface area contributed by atoms with Crippen molar-refractivity contribution in [3.63, 3.8) is 0 Å². The van der Waals surface area contributed by atoms with Gasteiger partial charge in [-0.15, -0.1) is 0 Å². The summed E-state index contributed by atoms with van der Waals surface area (Å²) >= 11 is 0. The number of nitrogens with two attached hydrogens (primary N) is 1. The first kappa shape index (κ1) is 16.9. The minimum absolute atomic E-state index is 0.0133. The first-order valence-electron chi connectivity index (χ1n) is 6.53. The summed E-state index contributed by atoms with van der Waals surface area (Å²) in [5, 5.41) is 2.72. The Labute approximate surface area is 109 Å². The van der Waals surface area contributed by atoms with Crippen LogP contribution in [0.3, 0.4) is 0 Å². The Balaban J connectivity index is 4.88. The molecule has 0 aliphatic rings. The highest BCUT2D eigenvalue weighted by Crippen LogP contribution is 2.15. The normalized spacial score (nSPS) is 14.8. The molecule has 0 aliphatic carbocycles. The predicted octanol–water partition coefficient (Wildman–Crippen LogP) is 1.21. The molecule has 106 valence electrons. The van der Waals surface area contributed by atoms with E-state index in [1.54, 1.807) is 0 Å². The third-order valence-electron chi connectivity index (χ3n) is 3.67. The molecule has 0 radical (unpaired) electrons. The molecule has 2 atom stereocenters. The van der Waals surface area contributed by atoms with Crippen LogP contribution >= 0.6 is 0 Å². The first-order valence-corrected chi connectivity index (χ1v) is 6.53. The smallest absolute Gasteiger partial charge is 0.328 e. The number of nitrogens with one attached hydrogen (secondary N) is 1. The van der Waals surface area contributed by atoms with Gasteiger partial charge in [-0.25, -0.2) is 4.79 Å². The molecule has 3 N–H and O–H groups in total. The van der Waals surface area contributed by atoms with E-state index < -0.39 is 17.6 Å². The van der Waals surface area contributed by atoms with Gasteiger partial charge in [0.1, 0.15) is 6.04 Å². The van der Waals surface area contributed by atoms with Crippen molar-refractivity contribution in [3.05, 3.63) is 0 Å². The van der Waals surface area contributed by atoms with Gasteiger partial charge in [0, 0.05) is 0 Å². The van der Waals surface area contributed by atoms with Crippen molar-refractivity contribution < 1.29 is 14.3 Å². The molecule has 0 aromatic carbocycles. The third-order valence-corrected chi connectivity index (χ3v) is 3.67. The van der Waals surface area contributed by atoms with Crippen LogP contribution < -0.4 is 11.1 Å². The number of carbonyl (C=O) groups is 2. The van der Waals surface area contributed by atoms with Gasteiger partial charge in [-0.2, -0.15) is 0 Å². The SMILES string of the molecule is CCC(C)C(NC(=O)C(N)(CC)CC)C(=O)OC. The molecule has 0 bridgehead atoms. The zero-order chi connectivity index (χ0) is 14.3. The summed E-state index contributed by atoms with van der Waals surface area (Å²) in [7, 11) is 1.32. The molecule has 2 unspecified atom stereocenters. The van der Waals surface area contributed by atoms with Crippen molar-refractivity contribution in [2.45, 2.75) is 58.5 Å². The van der Waals surface area contributed by atoms with Gasteiger partial charge in [0.05, 0.1) is 12.6 Å². The third kappa shape index (κ3) is 3.98. The van der Waals surface area contributed by atoms with Gasteiger partial charge < -0.3 is 15.8 Å². The summed E-state index contributed by atoms with van der Waals surface area (Å²) in [4.78, 5) is 23.8. The minimum Gasteiger partial charge on any atom is -0.467 e. The summed E-state index contributed by atoms with van der Waals surface area (Å²) in [6.07, 6.45) is 1.84. The lowest BCUT2D eigenvalue weighted by atomic mass is 9.91. The van der Waals surface area contributed by atoms with Crippen molar-refractivity contribution in [3.8, 4) is 0 Å². The zero-order valence-corrected chi connectivity index (χ0v) is 12.1. The molecular formula is C13H26N2O3. The number of hydrogen-bond acceptors (Lipinski definition) is 4. The van der Waals surface area contributed by atoms with Gasteiger partial charge in [0.2, 0.25) is 5.91 Å². The lowest BCUT2D eigenvalue weighted by molar-refractivity contribution is -0.147. The van der Waals surface area contributed by atoms with E-state index in [1.165, 1.54) is 7.11 Å². The lowest BCUT2D eigenvalue weighted by Gasteiger charge is -2.29. The van der Waals surface area contributed by atoms with Crippen LogP contribution in [0.4, 0.5) is 0 Å². The Morgan fingerprint density at radius 2 is 1.78 bits per heavy atom. The van der Waals surface area contributed by atoms with Gasteiger partial charge >= 0.3 is 5.97 Å². The summed E-state index contributed by atoms with van der Waals surface area (Å²) in [6, 6.07) is -0.631. The van der Waals surface area contributed by atoms with E-state index in [-0.39, 0.29) is 11.8 Å². The molecule has 5 heteroatoms. The average molecular weight is 258 g/mol. The average Bonchev–Trinajstić information content (AvgIpc) is 2.41. The van der Waals surface area contributed by atoms with Crippen molar-refractivity contribution in [1.29, 1.82) is 0 Å². The maximum atomic E-state index is 12.1. The van der Waals surface area contributed by atoms with Crippen LogP contribution in [0.2, 0.25) is 0 Å². The Bertz CT molecular complexity index is 288. The van der Waals surface area contributed by atoms with Crippen LogP contribution in [-0.4, -0.2) is 30.6 Å². The van der Waals surface area contributed by atoms with E-state index in [9.17, 15) is 9.59 Å². The van der Waals surface area contributed by atoms with E-state index >= 15 is 0 Å². The molecule has 0 rings (SSSR count). The van der Waals surface area contributed by atoms with E-state index in [0.717, 1.165) is 6.42 Å². The highest BCUT2D eigenvalue weighted by atomic mass is 16.5. The Hall–Kier alpha value is -1.10. The van der Waals surface area contributed by atoms with E-state index in [1.807, 2.05) is 27.7 Å². The maximum Gasteiger partial charge on any atom is 0.328 e. The van der Waals surface area contributed by atoms with Crippen molar-refractivity contribution >= 4 is 11.9 Å². The quantitative estimate of drug-likeness (QED) is 0.672. The number of carbonyl (C=O) groups excluding carboxylic acids is 2. The second-order valence-corrected chi connectivity index (χ2v) is 4.72. The molecule has 0 saturated heterocycles.